The molecule has 13 heavy (non-hydrogen) atoms. The summed E-state index contributed by atoms with van der Waals surface area (Å²) in [5.74, 6) is 1.43. The third kappa shape index (κ3) is 1.22. The summed E-state index contributed by atoms with van der Waals surface area (Å²) < 4.78 is 5.11. The summed E-state index contributed by atoms with van der Waals surface area (Å²) in [6, 6.07) is 5.67. The van der Waals surface area contributed by atoms with Crippen LogP contribution in [0.3, 0.4) is 0 Å². The van der Waals surface area contributed by atoms with Gasteiger partial charge in [-0.25, -0.2) is 0 Å². The molecule has 1 aliphatic carbocycles. The van der Waals surface area contributed by atoms with Gasteiger partial charge in [-0.2, -0.15) is 0 Å². The van der Waals surface area contributed by atoms with Crippen LogP contribution in [0.1, 0.15) is 35.2 Å². The van der Waals surface area contributed by atoms with E-state index in [0.717, 1.165) is 16.9 Å². The largest absolute Gasteiger partial charge is 0.497 e. The van der Waals surface area contributed by atoms with Crippen molar-refractivity contribution in [1.29, 1.82) is 0 Å². The highest BCUT2D eigenvalue weighted by Crippen LogP contribution is 2.34. The minimum Gasteiger partial charge on any atom is -0.497 e. The summed E-state index contributed by atoms with van der Waals surface area (Å²) in [7, 11) is 1.64. The molecule has 0 N–H and O–H groups in total. The first-order valence-electron chi connectivity index (χ1n) is 4.43. The molecule has 0 aromatic heterocycles. The standard InChI is InChI=1S/C11H12O2/c1-7-5-11(12)9-4-3-8(13-2)6-10(7)9/h3-4,6-7H,5H2,1-2H3/t7-/m0/s1. The average Bonchev–Trinajstić information content (AvgIpc) is 2.42. The molecule has 1 aromatic carbocycles. The van der Waals surface area contributed by atoms with Crippen LogP contribution >= 0.6 is 0 Å². The highest BCUT2D eigenvalue weighted by atomic mass is 16.5. The van der Waals surface area contributed by atoms with Crippen LogP contribution in [-0.2, 0) is 0 Å². The van der Waals surface area contributed by atoms with Gasteiger partial charge in [-0.15, -0.1) is 0 Å². The second kappa shape index (κ2) is 2.87. The van der Waals surface area contributed by atoms with Gasteiger partial charge in [0.05, 0.1) is 7.11 Å². The quantitative estimate of drug-likeness (QED) is 0.656. The normalized spacial score (nSPS) is 20.2. The summed E-state index contributed by atoms with van der Waals surface area (Å²) in [6.07, 6.45) is 0.641. The molecule has 0 radical (unpaired) electrons. The molecule has 0 spiro atoms. The second-order valence-corrected chi connectivity index (χ2v) is 3.48. The lowest BCUT2D eigenvalue weighted by Gasteiger charge is -2.05. The van der Waals surface area contributed by atoms with E-state index in [9.17, 15) is 4.79 Å². The Morgan fingerprint density at radius 3 is 2.92 bits per heavy atom. The van der Waals surface area contributed by atoms with E-state index >= 15 is 0 Å². The first kappa shape index (κ1) is 8.30. The summed E-state index contributed by atoms with van der Waals surface area (Å²) in [4.78, 5) is 11.4. The third-order valence-electron chi connectivity index (χ3n) is 2.58. The number of ketones is 1. The number of hydrogen-bond donors (Lipinski definition) is 0. The fourth-order valence-electron chi connectivity index (χ4n) is 1.83. The molecule has 0 fully saturated rings. The maximum atomic E-state index is 11.4. The third-order valence-corrected chi connectivity index (χ3v) is 2.58. The molecule has 1 atom stereocenters. The molecule has 0 heterocycles. The zero-order chi connectivity index (χ0) is 9.42. The number of benzene rings is 1. The lowest BCUT2D eigenvalue weighted by molar-refractivity contribution is 0.0990. The van der Waals surface area contributed by atoms with Crippen molar-refractivity contribution in [2.75, 3.05) is 7.11 Å². The first-order valence-corrected chi connectivity index (χ1v) is 4.43. The van der Waals surface area contributed by atoms with Gasteiger partial charge in [0.1, 0.15) is 5.75 Å². The molecule has 1 aliphatic rings. The highest BCUT2D eigenvalue weighted by molar-refractivity contribution is 6.01. The van der Waals surface area contributed by atoms with Gasteiger partial charge in [-0.3, -0.25) is 4.79 Å². The van der Waals surface area contributed by atoms with Crippen molar-refractivity contribution in [1.82, 2.24) is 0 Å². The number of carbonyl (C=O) groups is 1. The number of Topliss-reactive ketones (excluding diaryl/α,β-unsaturated/α-hetero) is 1. The minimum atomic E-state index is 0.255. The minimum absolute atomic E-state index is 0.255. The number of methoxy groups -OCH3 is 1. The van der Waals surface area contributed by atoms with Gasteiger partial charge in [0.15, 0.2) is 5.78 Å². The summed E-state index contributed by atoms with van der Waals surface area (Å²) in [6.45, 7) is 2.07. The molecule has 68 valence electrons. The zero-order valence-electron chi connectivity index (χ0n) is 7.83. The Labute approximate surface area is 77.5 Å². The summed E-state index contributed by atoms with van der Waals surface area (Å²) in [5.41, 5.74) is 2.00. The van der Waals surface area contributed by atoms with Crippen LogP contribution in [0, 0.1) is 0 Å². The lowest BCUT2D eigenvalue weighted by Crippen LogP contribution is -1.91. The van der Waals surface area contributed by atoms with Crippen molar-refractivity contribution < 1.29 is 9.53 Å². The Morgan fingerprint density at radius 1 is 1.46 bits per heavy atom. The second-order valence-electron chi connectivity index (χ2n) is 3.48. The Kier molecular flexibility index (Phi) is 1.83. The summed E-state index contributed by atoms with van der Waals surface area (Å²) >= 11 is 0. The van der Waals surface area contributed by atoms with Gasteiger partial charge < -0.3 is 4.74 Å². The zero-order valence-corrected chi connectivity index (χ0v) is 7.83. The molecule has 0 bridgehead atoms. The maximum absolute atomic E-state index is 11.4. The number of carbonyl (C=O) groups excluding carboxylic acids is 1. The fourth-order valence-corrected chi connectivity index (χ4v) is 1.83. The van der Waals surface area contributed by atoms with E-state index in [-0.39, 0.29) is 5.78 Å². The van der Waals surface area contributed by atoms with Crippen LogP contribution in [0.5, 0.6) is 5.75 Å². The Bertz CT molecular complexity index is 355. The first-order chi connectivity index (χ1) is 6.22. The smallest absolute Gasteiger partial charge is 0.163 e. The molecule has 0 saturated carbocycles. The van der Waals surface area contributed by atoms with Gasteiger partial charge in [-0.05, 0) is 29.7 Å². The molecule has 1 aromatic rings. The van der Waals surface area contributed by atoms with Crippen LogP contribution in [-0.4, -0.2) is 12.9 Å². The van der Waals surface area contributed by atoms with Gasteiger partial charge in [0, 0.05) is 12.0 Å². The molecule has 2 heteroatoms. The highest BCUT2D eigenvalue weighted by Gasteiger charge is 2.25. The van der Waals surface area contributed by atoms with Gasteiger partial charge in [0.2, 0.25) is 0 Å². The molecule has 0 aliphatic heterocycles. The predicted molar refractivity (Wildman–Crippen MR) is 50.4 cm³/mol. The van der Waals surface area contributed by atoms with E-state index in [1.165, 1.54) is 0 Å². The molecule has 0 saturated heterocycles. The predicted octanol–water partition coefficient (Wildman–Crippen LogP) is 2.39. The van der Waals surface area contributed by atoms with Crippen molar-refractivity contribution >= 4 is 5.78 Å². The van der Waals surface area contributed by atoms with Crippen LogP contribution < -0.4 is 4.74 Å². The molecule has 2 rings (SSSR count). The molecule has 0 unspecified atom stereocenters. The van der Waals surface area contributed by atoms with E-state index in [1.807, 2.05) is 18.2 Å². The van der Waals surface area contributed by atoms with E-state index in [1.54, 1.807) is 7.11 Å². The van der Waals surface area contributed by atoms with E-state index < -0.39 is 0 Å². The Balaban J connectivity index is 2.52. The average molecular weight is 176 g/mol. The number of hydrogen-bond acceptors (Lipinski definition) is 2. The van der Waals surface area contributed by atoms with Crippen LogP contribution in [0.2, 0.25) is 0 Å². The van der Waals surface area contributed by atoms with Crippen molar-refractivity contribution in [3.05, 3.63) is 29.3 Å². The van der Waals surface area contributed by atoms with E-state index in [0.29, 0.717) is 12.3 Å². The van der Waals surface area contributed by atoms with Crippen molar-refractivity contribution in [3.63, 3.8) is 0 Å². The topological polar surface area (TPSA) is 26.3 Å². The number of ether oxygens (including phenoxy) is 1. The number of rotatable bonds is 1. The Morgan fingerprint density at radius 2 is 2.23 bits per heavy atom. The molecular weight excluding hydrogens is 164 g/mol. The molecular formula is C11H12O2. The van der Waals surface area contributed by atoms with Gasteiger partial charge in [-0.1, -0.05) is 6.92 Å². The van der Waals surface area contributed by atoms with E-state index in [4.69, 9.17) is 4.74 Å². The monoisotopic (exact) mass is 176 g/mol. The molecule has 2 nitrogen and oxygen atoms in total. The molecule has 0 amide bonds. The SMILES string of the molecule is COc1ccc2c(c1)[C@@H](C)CC2=O. The van der Waals surface area contributed by atoms with Crippen LogP contribution in [0.25, 0.3) is 0 Å². The lowest BCUT2D eigenvalue weighted by atomic mass is 10.0. The van der Waals surface area contributed by atoms with Crippen LogP contribution in [0.15, 0.2) is 18.2 Å². The Hall–Kier alpha value is -1.31. The summed E-state index contributed by atoms with van der Waals surface area (Å²) in [5, 5.41) is 0. The van der Waals surface area contributed by atoms with Crippen molar-refractivity contribution in [2.24, 2.45) is 0 Å². The van der Waals surface area contributed by atoms with Gasteiger partial charge in [0.25, 0.3) is 0 Å². The maximum Gasteiger partial charge on any atom is 0.163 e. The fraction of sp³-hybridized carbons (Fsp3) is 0.364. The van der Waals surface area contributed by atoms with Gasteiger partial charge >= 0.3 is 0 Å². The van der Waals surface area contributed by atoms with Crippen molar-refractivity contribution in [3.8, 4) is 5.75 Å². The van der Waals surface area contributed by atoms with Crippen molar-refractivity contribution in [2.45, 2.75) is 19.3 Å². The number of fused-ring (bicyclic) bond motifs is 1. The van der Waals surface area contributed by atoms with Crippen LogP contribution in [0.4, 0.5) is 0 Å². The van der Waals surface area contributed by atoms with E-state index in [2.05, 4.69) is 6.92 Å².